The molecule has 1 aromatic carbocycles. The molecule has 2 heterocycles. The van der Waals surface area contributed by atoms with Crippen molar-refractivity contribution in [3.05, 3.63) is 69.0 Å². The molecule has 3 rings (SSSR count). The summed E-state index contributed by atoms with van der Waals surface area (Å²) in [5.41, 5.74) is 3.66. The normalized spacial score (nSPS) is 10.4. The number of nitriles is 1. The first-order valence-corrected chi connectivity index (χ1v) is 9.50. The fourth-order valence-electron chi connectivity index (χ4n) is 2.91. The molecule has 0 aliphatic rings. The SMILES string of the molecule is Cc1ccsc1C(=O)OCC(=O)Nc1c(C#N)c(C)c(C)n1-c1ccccc1. The first-order chi connectivity index (χ1) is 13.4. The van der Waals surface area contributed by atoms with Crippen LogP contribution in [-0.2, 0) is 9.53 Å². The predicted molar refractivity (Wildman–Crippen MR) is 108 cm³/mol. The number of amides is 1. The van der Waals surface area contributed by atoms with E-state index in [0.29, 0.717) is 16.3 Å². The fourth-order valence-corrected chi connectivity index (χ4v) is 3.72. The summed E-state index contributed by atoms with van der Waals surface area (Å²) < 4.78 is 6.94. The Labute approximate surface area is 167 Å². The zero-order valence-electron chi connectivity index (χ0n) is 15.8. The van der Waals surface area contributed by atoms with Crippen LogP contribution in [0.25, 0.3) is 5.69 Å². The minimum atomic E-state index is -0.533. The van der Waals surface area contributed by atoms with Gasteiger partial charge in [0.05, 0.1) is 5.56 Å². The van der Waals surface area contributed by atoms with Crippen molar-refractivity contribution in [1.82, 2.24) is 4.57 Å². The summed E-state index contributed by atoms with van der Waals surface area (Å²) in [4.78, 5) is 25.0. The van der Waals surface area contributed by atoms with Crippen LogP contribution >= 0.6 is 11.3 Å². The van der Waals surface area contributed by atoms with Gasteiger partial charge in [-0.15, -0.1) is 11.3 Å². The quantitative estimate of drug-likeness (QED) is 0.661. The van der Waals surface area contributed by atoms with Gasteiger partial charge in [0.1, 0.15) is 16.8 Å². The van der Waals surface area contributed by atoms with Gasteiger partial charge >= 0.3 is 5.97 Å². The highest BCUT2D eigenvalue weighted by Crippen LogP contribution is 2.29. The zero-order valence-corrected chi connectivity index (χ0v) is 16.6. The van der Waals surface area contributed by atoms with E-state index in [1.54, 1.807) is 5.38 Å². The van der Waals surface area contributed by atoms with E-state index in [1.165, 1.54) is 11.3 Å². The van der Waals surface area contributed by atoms with Gasteiger partial charge in [-0.1, -0.05) is 18.2 Å². The Balaban J connectivity index is 1.83. The van der Waals surface area contributed by atoms with Gasteiger partial charge in [0, 0.05) is 11.4 Å². The standard InChI is InChI=1S/C21H19N3O3S/c1-13-9-10-28-19(13)21(26)27-12-18(25)23-20-17(11-22)14(2)15(3)24(20)16-7-5-4-6-8-16/h4-10H,12H2,1-3H3,(H,23,25). The number of carbonyl (C=O) groups excluding carboxylic acids is 2. The van der Waals surface area contributed by atoms with Gasteiger partial charge in [0.25, 0.3) is 5.91 Å². The van der Waals surface area contributed by atoms with Crippen molar-refractivity contribution in [3.8, 4) is 11.8 Å². The van der Waals surface area contributed by atoms with E-state index in [2.05, 4.69) is 11.4 Å². The van der Waals surface area contributed by atoms with Gasteiger partial charge in [0.15, 0.2) is 6.61 Å². The van der Waals surface area contributed by atoms with Gasteiger partial charge < -0.3 is 10.1 Å². The minimum absolute atomic E-state index is 0.372. The molecular weight excluding hydrogens is 374 g/mol. The molecule has 6 nitrogen and oxygen atoms in total. The maximum Gasteiger partial charge on any atom is 0.349 e. The van der Waals surface area contributed by atoms with Gasteiger partial charge in [-0.3, -0.25) is 9.36 Å². The molecule has 142 valence electrons. The Hall–Kier alpha value is -3.37. The number of anilines is 1. The molecule has 0 bridgehead atoms. The lowest BCUT2D eigenvalue weighted by Crippen LogP contribution is -2.22. The van der Waals surface area contributed by atoms with E-state index in [1.807, 2.05) is 61.7 Å². The maximum atomic E-state index is 12.4. The lowest BCUT2D eigenvalue weighted by atomic mass is 10.2. The van der Waals surface area contributed by atoms with Crippen molar-refractivity contribution in [2.45, 2.75) is 20.8 Å². The number of rotatable bonds is 5. The fraction of sp³-hybridized carbons (Fsp3) is 0.190. The van der Waals surface area contributed by atoms with Crippen LogP contribution in [0.15, 0.2) is 41.8 Å². The van der Waals surface area contributed by atoms with E-state index >= 15 is 0 Å². The van der Waals surface area contributed by atoms with Crippen LogP contribution in [0.2, 0.25) is 0 Å². The van der Waals surface area contributed by atoms with Crippen LogP contribution in [0.1, 0.15) is 32.1 Å². The van der Waals surface area contributed by atoms with Gasteiger partial charge in [0.2, 0.25) is 0 Å². The van der Waals surface area contributed by atoms with Crippen LogP contribution in [-0.4, -0.2) is 23.1 Å². The molecule has 0 spiro atoms. The Kier molecular flexibility index (Phi) is 5.62. The van der Waals surface area contributed by atoms with Gasteiger partial charge in [-0.05, 0) is 55.5 Å². The molecule has 28 heavy (non-hydrogen) atoms. The molecule has 7 heteroatoms. The zero-order chi connectivity index (χ0) is 20.3. The van der Waals surface area contributed by atoms with Crippen LogP contribution in [0.3, 0.4) is 0 Å². The molecule has 1 amide bonds. The monoisotopic (exact) mass is 393 g/mol. The Morgan fingerprint density at radius 1 is 1.18 bits per heavy atom. The van der Waals surface area contributed by atoms with Crippen molar-refractivity contribution >= 4 is 29.0 Å². The summed E-state index contributed by atoms with van der Waals surface area (Å²) in [6.45, 7) is 5.10. The highest BCUT2D eigenvalue weighted by Gasteiger charge is 2.21. The molecule has 0 saturated carbocycles. The summed E-state index contributed by atoms with van der Waals surface area (Å²) in [7, 11) is 0. The predicted octanol–water partition coefficient (Wildman–Crippen LogP) is 4.13. The van der Waals surface area contributed by atoms with Crippen molar-refractivity contribution in [1.29, 1.82) is 5.26 Å². The van der Waals surface area contributed by atoms with E-state index in [9.17, 15) is 14.9 Å². The largest absolute Gasteiger partial charge is 0.451 e. The minimum Gasteiger partial charge on any atom is -0.451 e. The van der Waals surface area contributed by atoms with E-state index < -0.39 is 18.5 Å². The number of benzene rings is 1. The molecule has 0 saturated heterocycles. The summed E-state index contributed by atoms with van der Waals surface area (Å²) in [5.74, 6) is -0.667. The smallest absolute Gasteiger partial charge is 0.349 e. The lowest BCUT2D eigenvalue weighted by molar-refractivity contribution is -0.119. The Morgan fingerprint density at radius 3 is 2.50 bits per heavy atom. The van der Waals surface area contributed by atoms with E-state index in [4.69, 9.17) is 4.74 Å². The van der Waals surface area contributed by atoms with Crippen molar-refractivity contribution in [2.75, 3.05) is 11.9 Å². The molecule has 2 aromatic heterocycles. The van der Waals surface area contributed by atoms with Crippen LogP contribution in [0, 0.1) is 32.1 Å². The molecule has 0 aliphatic carbocycles. The van der Waals surface area contributed by atoms with Crippen LogP contribution in [0.4, 0.5) is 5.82 Å². The van der Waals surface area contributed by atoms with Crippen LogP contribution < -0.4 is 5.32 Å². The number of aromatic nitrogens is 1. The molecular formula is C21H19N3O3S. The topological polar surface area (TPSA) is 84.1 Å². The van der Waals surface area contributed by atoms with Crippen molar-refractivity contribution < 1.29 is 14.3 Å². The van der Waals surface area contributed by atoms with E-state index in [0.717, 1.165) is 22.5 Å². The number of nitrogens with one attached hydrogen (secondary N) is 1. The molecule has 0 fully saturated rings. The second kappa shape index (κ2) is 8.11. The Bertz CT molecular complexity index is 1070. The van der Waals surface area contributed by atoms with Gasteiger partial charge in [-0.25, -0.2) is 4.79 Å². The third-order valence-electron chi connectivity index (χ3n) is 4.48. The summed E-state index contributed by atoms with van der Waals surface area (Å²) in [6.07, 6.45) is 0. The molecule has 1 N–H and O–H groups in total. The average molecular weight is 393 g/mol. The number of para-hydroxylation sites is 1. The summed E-state index contributed by atoms with van der Waals surface area (Å²) in [5, 5.41) is 14.1. The molecule has 0 atom stereocenters. The molecule has 0 aliphatic heterocycles. The highest BCUT2D eigenvalue weighted by atomic mass is 32.1. The molecule has 0 unspecified atom stereocenters. The number of nitrogens with zero attached hydrogens (tertiary/aromatic N) is 2. The maximum absolute atomic E-state index is 12.4. The van der Waals surface area contributed by atoms with Crippen molar-refractivity contribution in [2.24, 2.45) is 0 Å². The Morgan fingerprint density at radius 2 is 1.89 bits per heavy atom. The number of aryl methyl sites for hydroxylation is 1. The first kappa shape index (κ1) is 19.4. The average Bonchev–Trinajstić information content (AvgIpc) is 3.22. The van der Waals surface area contributed by atoms with E-state index in [-0.39, 0.29) is 0 Å². The third kappa shape index (κ3) is 3.68. The third-order valence-corrected chi connectivity index (χ3v) is 5.48. The number of carbonyl (C=O) groups is 2. The van der Waals surface area contributed by atoms with Crippen LogP contribution in [0.5, 0.6) is 0 Å². The lowest BCUT2D eigenvalue weighted by Gasteiger charge is -2.13. The number of ether oxygens (including phenoxy) is 1. The number of thiophene rings is 1. The second-order valence-electron chi connectivity index (χ2n) is 6.27. The summed E-state index contributed by atoms with van der Waals surface area (Å²) >= 11 is 1.27. The molecule has 3 aromatic rings. The summed E-state index contributed by atoms with van der Waals surface area (Å²) in [6, 6.07) is 13.4. The molecule has 0 radical (unpaired) electrons. The number of hydrogen-bond donors (Lipinski definition) is 1. The second-order valence-corrected chi connectivity index (χ2v) is 7.19. The van der Waals surface area contributed by atoms with Crippen molar-refractivity contribution in [3.63, 3.8) is 0 Å². The van der Waals surface area contributed by atoms with Gasteiger partial charge in [-0.2, -0.15) is 5.26 Å². The highest BCUT2D eigenvalue weighted by molar-refractivity contribution is 7.12. The first-order valence-electron chi connectivity index (χ1n) is 8.62. The number of hydrogen-bond acceptors (Lipinski definition) is 5. The number of esters is 1.